The number of aliphatic imine (C=N–C) groups is 1. The second kappa shape index (κ2) is 6.18. The van der Waals surface area contributed by atoms with Crippen molar-refractivity contribution in [2.75, 3.05) is 6.26 Å². The Morgan fingerprint density at radius 3 is 2.48 bits per heavy atom. The fourth-order valence-electron chi connectivity index (χ4n) is 3.55. The van der Waals surface area contributed by atoms with Crippen molar-refractivity contribution in [3.05, 3.63) is 75.8 Å². The molecule has 25 heavy (non-hydrogen) atoms. The first-order chi connectivity index (χ1) is 12.2. The van der Waals surface area contributed by atoms with Gasteiger partial charge < -0.3 is 0 Å². The van der Waals surface area contributed by atoms with Crippen LogP contribution in [0.25, 0.3) is 5.70 Å². The summed E-state index contributed by atoms with van der Waals surface area (Å²) < 4.78 is 0. The summed E-state index contributed by atoms with van der Waals surface area (Å²) in [6.45, 7) is 0. The summed E-state index contributed by atoms with van der Waals surface area (Å²) in [5.41, 5.74) is 3.54. The Kier molecular flexibility index (Phi) is 3.99. The third-order valence-electron chi connectivity index (χ3n) is 4.65. The highest BCUT2D eigenvalue weighted by Gasteiger charge is 2.44. The standard InChI is InChI=1S/C20H13ClN2OS/c1-25-20-14(10-22)16(13-8-4-5-9-15(13)21)17-18(23-20)11-6-2-3-7-12(11)19(17)24/h2-9,14,16H,1H3. The first-order valence-corrected chi connectivity index (χ1v) is 9.42. The van der Waals surface area contributed by atoms with Crippen LogP contribution in [0.5, 0.6) is 0 Å². The molecular weight excluding hydrogens is 352 g/mol. The average Bonchev–Trinajstić information content (AvgIpc) is 2.93. The summed E-state index contributed by atoms with van der Waals surface area (Å²) in [5, 5.41) is 11.1. The van der Waals surface area contributed by atoms with Crippen LogP contribution in [-0.4, -0.2) is 17.1 Å². The number of fused-ring (bicyclic) bond motifs is 2. The minimum absolute atomic E-state index is 0.0559. The number of ketones is 1. The van der Waals surface area contributed by atoms with Crippen molar-refractivity contribution < 1.29 is 4.79 Å². The van der Waals surface area contributed by atoms with Crippen LogP contribution in [0.1, 0.15) is 27.4 Å². The molecule has 0 saturated carbocycles. The van der Waals surface area contributed by atoms with E-state index in [0.717, 1.165) is 16.2 Å². The van der Waals surface area contributed by atoms with E-state index in [2.05, 4.69) is 11.1 Å². The predicted octanol–water partition coefficient (Wildman–Crippen LogP) is 4.95. The lowest BCUT2D eigenvalue weighted by atomic mass is 9.78. The molecule has 4 rings (SSSR count). The highest BCUT2D eigenvalue weighted by atomic mass is 35.5. The molecule has 5 heteroatoms. The first-order valence-electron chi connectivity index (χ1n) is 7.82. The SMILES string of the molecule is CSC1=NC2=C(C(=O)c3ccccc32)C(c2ccccc2Cl)C1C#N. The Hall–Kier alpha value is -2.35. The fraction of sp³-hybridized carbons (Fsp3) is 0.150. The van der Waals surface area contributed by atoms with Crippen molar-refractivity contribution in [1.82, 2.24) is 0 Å². The van der Waals surface area contributed by atoms with Crippen LogP contribution in [0, 0.1) is 17.2 Å². The van der Waals surface area contributed by atoms with Gasteiger partial charge in [0.05, 0.1) is 16.8 Å². The monoisotopic (exact) mass is 364 g/mol. The number of hydrogen-bond acceptors (Lipinski definition) is 4. The molecule has 0 radical (unpaired) electrons. The van der Waals surface area contributed by atoms with E-state index in [-0.39, 0.29) is 5.78 Å². The minimum Gasteiger partial charge on any atom is -0.289 e. The smallest absolute Gasteiger partial charge is 0.192 e. The number of Topliss-reactive ketones (excluding diaryl/α,β-unsaturated/α-hetero) is 1. The number of allylic oxidation sites excluding steroid dienone is 1. The maximum Gasteiger partial charge on any atom is 0.192 e. The molecule has 0 saturated heterocycles. The van der Waals surface area contributed by atoms with E-state index < -0.39 is 11.8 Å². The Balaban J connectivity index is 2.01. The summed E-state index contributed by atoms with van der Waals surface area (Å²) in [7, 11) is 0. The summed E-state index contributed by atoms with van der Waals surface area (Å²) in [5.74, 6) is -0.986. The lowest BCUT2D eigenvalue weighted by Gasteiger charge is -2.28. The zero-order valence-corrected chi connectivity index (χ0v) is 14.9. The zero-order chi connectivity index (χ0) is 17.6. The highest BCUT2D eigenvalue weighted by Crippen LogP contribution is 2.49. The lowest BCUT2D eigenvalue weighted by Crippen LogP contribution is -2.26. The van der Waals surface area contributed by atoms with Crippen LogP contribution < -0.4 is 0 Å². The summed E-state index contributed by atoms with van der Waals surface area (Å²) in [6.07, 6.45) is 1.90. The Morgan fingerprint density at radius 2 is 1.80 bits per heavy atom. The maximum atomic E-state index is 13.1. The average molecular weight is 365 g/mol. The van der Waals surface area contributed by atoms with Gasteiger partial charge in [-0.05, 0) is 17.9 Å². The third-order valence-corrected chi connectivity index (χ3v) is 5.76. The minimum atomic E-state index is -0.521. The summed E-state index contributed by atoms with van der Waals surface area (Å²) in [6, 6.07) is 17.2. The van der Waals surface area contributed by atoms with Gasteiger partial charge >= 0.3 is 0 Å². The molecule has 122 valence electrons. The zero-order valence-electron chi connectivity index (χ0n) is 13.4. The lowest BCUT2D eigenvalue weighted by molar-refractivity contribution is 0.103. The molecule has 2 unspecified atom stereocenters. The molecule has 2 atom stereocenters. The molecule has 2 aromatic carbocycles. The van der Waals surface area contributed by atoms with Gasteiger partial charge in [-0.15, -0.1) is 11.8 Å². The van der Waals surface area contributed by atoms with E-state index in [4.69, 9.17) is 11.6 Å². The van der Waals surface area contributed by atoms with Gasteiger partial charge in [-0.1, -0.05) is 54.1 Å². The fourth-order valence-corrected chi connectivity index (χ4v) is 4.43. The van der Waals surface area contributed by atoms with Crippen LogP contribution in [-0.2, 0) is 0 Å². The number of benzene rings is 2. The Morgan fingerprint density at radius 1 is 1.12 bits per heavy atom. The van der Waals surface area contributed by atoms with Gasteiger partial charge in [-0.25, -0.2) is 4.99 Å². The van der Waals surface area contributed by atoms with Crippen LogP contribution in [0.15, 0.2) is 59.1 Å². The topological polar surface area (TPSA) is 53.2 Å². The number of hydrogen-bond donors (Lipinski definition) is 0. The highest BCUT2D eigenvalue weighted by molar-refractivity contribution is 8.13. The van der Waals surface area contributed by atoms with Gasteiger partial charge in [0.15, 0.2) is 5.78 Å². The number of halogens is 1. The van der Waals surface area contributed by atoms with Gasteiger partial charge in [-0.3, -0.25) is 4.79 Å². The molecule has 0 spiro atoms. The number of thioether (sulfide) groups is 1. The van der Waals surface area contributed by atoms with E-state index in [0.29, 0.717) is 21.9 Å². The predicted molar refractivity (Wildman–Crippen MR) is 102 cm³/mol. The van der Waals surface area contributed by atoms with Gasteiger partial charge in [0, 0.05) is 27.6 Å². The number of nitrogens with zero attached hydrogens (tertiary/aromatic N) is 2. The van der Waals surface area contributed by atoms with Crippen LogP contribution >= 0.6 is 23.4 Å². The second-order valence-corrected chi connectivity index (χ2v) is 7.13. The van der Waals surface area contributed by atoms with E-state index in [1.165, 1.54) is 11.8 Å². The van der Waals surface area contributed by atoms with Crippen molar-refractivity contribution in [3.8, 4) is 6.07 Å². The van der Waals surface area contributed by atoms with Gasteiger partial charge in [0.25, 0.3) is 0 Å². The van der Waals surface area contributed by atoms with Gasteiger partial charge in [0.2, 0.25) is 0 Å². The molecule has 2 aliphatic rings. The van der Waals surface area contributed by atoms with Crippen molar-refractivity contribution in [2.24, 2.45) is 10.9 Å². The van der Waals surface area contributed by atoms with Crippen molar-refractivity contribution in [1.29, 1.82) is 5.26 Å². The number of carbonyl (C=O) groups excluding carboxylic acids is 1. The quantitative estimate of drug-likeness (QED) is 0.719. The molecule has 1 aliphatic carbocycles. The molecular formula is C20H13ClN2OS. The Bertz CT molecular complexity index is 1000. The second-order valence-electron chi connectivity index (χ2n) is 5.90. The largest absolute Gasteiger partial charge is 0.289 e. The normalized spacial score (nSPS) is 21.5. The number of nitriles is 1. The maximum absolute atomic E-state index is 13.1. The van der Waals surface area contributed by atoms with E-state index >= 15 is 0 Å². The Labute approximate surface area is 155 Å². The third kappa shape index (κ3) is 2.35. The summed E-state index contributed by atoms with van der Waals surface area (Å²) in [4.78, 5) is 17.8. The first kappa shape index (κ1) is 16.1. The van der Waals surface area contributed by atoms with Gasteiger partial charge in [0.1, 0.15) is 5.92 Å². The molecule has 0 aromatic heterocycles. The van der Waals surface area contributed by atoms with Crippen LogP contribution in [0.2, 0.25) is 5.02 Å². The van der Waals surface area contributed by atoms with Crippen molar-refractivity contribution >= 4 is 39.9 Å². The molecule has 0 bridgehead atoms. The van der Waals surface area contributed by atoms with Crippen molar-refractivity contribution in [3.63, 3.8) is 0 Å². The van der Waals surface area contributed by atoms with Crippen molar-refractivity contribution in [2.45, 2.75) is 5.92 Å². The molecule has 1 heterocycles. The van der Waals surface area contributed by atoms with E-state index in [1.807, 2.05) is 48.7 Å². The molecule has 3 nitrogen and oxygen atoms in total. The van der Waals surface area contributed by atoms with Gasteiger partial charge in [-0.2, -0.15) is 5.26 Å². The molecule has 0 fully saturated rings. The van der Waals surface area contributed by atoms with E-state index in [9.17, 15) is 10.1 Å². The molecule has 1 aliphatic heterocycles. The molecule has 0 amide bonds. The number of carbonyl (C=O) groups is 1. The van der Waals surface area contributed by atoms with Crippen LogP contribution in [0.4, 0.5) is 0 Å². The number of rotatable bonds is 1. The molecule has 0 N–H and O–H groups in total. The van der Waals surface area contributed by atoms with E-state index in [1.54, 1.807) is 6.07 Å². The van der Waals surface area contributed by atoms with Crippen LogP contribution in [0.3, 0.4) is 0 Å². The molecule has 2 aromatic rings. The summed E-state index contributed by atoms with van der Waals surface area (Å²) >= 11 is 7.88.